The molecule has 1 heterocycles. The van der Waals surface area contributed by atoms with Crippen molar-refractivity contribution in [1.29, 1.82) is 0 Å². The molecule has 0 aliphatic carbocycles. The molecule has 1 aromatic rings. The third-order valence-corrected chi connectivity index (χ3v) is 1.30. The molecule has 0 fully saturated rings. The normalized spacial score (nSPS) is 9.50. The van der Waals surface area contributed by atoms with Gasteiger partial charge in [0, 0.05) is 12.1 Å². The van der Waals surface area contributed by atoms with Crippen molar-refractivity contribution < 1.29 is 14.6 Å². The number of nitrogens with zero attached hydrogens (tertiary/aromatic N) is 1. The van der Waals surface area contributed by atoms with Crippen LogP contribution in [0.25, 0.3) is 0 Å². The maximum absolute atomic E-state index is 8.66. The first-order valence-corrected chi connectivity index (χ1v) is 3.01. The molecule has 0 saturated heterocycles. The first-order chi connectivity index (χ1) is 4.70. The lowest BCUT2D eigenvalue weighted by Crippen LogP contribution is -2.35. The van der Waals surface area contributed by atoms with Crippen LogP contribution in [0.15, 0.2) is 24.5 Å². The van der Waals surface area contributed by atoms with Crippen molar-refractivity contribution in [2.24, 2.45) is 7.05 Å². The average Bonchev–Trinajstić information content (AvgIpc) is 1.88. The summed E-state index contributed by atoms with van der Waals surface area (Å²) in [6.07, 6.45) is 3.52. The molecule has 0 aliphatic heterocycles. The molecule has 0 unspecified atom stereocenters. The Kier molecular flexibility index (Phi) is 2.04. The maximum Gasteiger partial charge on any atom is 0.488 e. The predicted octanol–water partition coefficient (Wildman–Crippen LogP) is -1.81. The van der Waals surface area contributed by atoms with Gasteiger partial charge < -0.3 is 10.0 Å². The third-order valence-electron chi connectivity index (χ3n) is 1.30. The van der Waals surface area contributed by atoms with Crippen LogP contribution >= 0.6 is 0 Å². The second-order valence-electron chi connectivity index (χ2n) is 2.17. The van der Waals surface area contributed by atoms with Crippen LogP contribution in [0.2, 0.25) is 0 Å². The lowest BCUT2D eigenvalue weighted by atomic mass is 9.81. The topological polar surface area (TPSA) is 44.3 Å². The molecule has 0 aromatic carbocycles. The van der Waals surface area contributed by atoms with Gasteiger partial charge in [-0.2, -0.15) is 0 Å². The monoisotopic (exact) mass is 138 g/mol. The van der Waals surface area contributed by atoms with Crippen molar-refractivity contribution in [3.05, 3.63) is 24.5 Å². The van der Waals surface area contributed by atoms with Gasteiger partial charge >= 0.3 is 7.12 Å². The second-order valence-corrected chi connectivity index (χ2v) is 2.17. The van der Waals surface area contributed by atoms with Crippen molar-refractivity contribution in [2.75, 3.05) is 0 Å². The van der Waals surface area contributed by atoms with Gasteiger partial charge in [-0.15, -0.1) is 0 Å². The van der Waals surface area contributed by atoms with Crippen LogP contribution in [-0.2, 0) is 7.05 Å². The molecule has 0 radical (unpaired) electrons. The molecule has 0 aliphatic rings. The molecular formula is C6H9BNO2+. The summed E-state index contributed by atoms with van der Waals surface area (Å²) in [7, 11) is 0.509. The first-order valence-electron chi connectivity index (χ1n) is 3.01. The zero-order valence-corrected chi connectivity index (χ0v) is 5.73. The first kappa shape index (κ1) is 7.24. The zero-order valence-electron chi connectivity index (χ0n) is 5.73. The molecule has 0 saturated carbocycles. The number of pyridine rings is 1. The van der Waals surface area contributed by atoms with Gasteiger partial charge in [-0.25, -0.2) is 4.57 Å². The summed E-state index contributed by atoms with van der Waals surface area (Å²) in [5, 5.41) is 17.3. The molecule has 0 amide bonds. The fourth-order valence-corrected chi connectivity index (χ4v) is 0.685. The van der Waals surface area contributed by atoms with Crippen LogP contribution in [0.5, 0.6) is 0 Å². The summed E-state index contributed by atoms with van der Waals surface area (Å²) < 4.78 is 1.83. The molecule has 4 heteroatoms. The zero-order chi connectivity index (χ0) is 7.56. The van der Waals surface area contributed by atoms with Crippen molar-refractivity contribution in [3.63, 3.8) is 0 Å². The predicted molar refractivity (Wildman–Crippen MR) is 37.4 cm³/mol. The molecule has 1 aromatic heterocycles. The molecular weight excluding hydrogens is 129 g/mol. The van der Waals surface area contributed by atoms with Crippen LogP contribution in [0.1, 0.15) is 0 Å². The van der Waals surface area contributed by atoms with Crippen molar-refractivity contribution in [3.8, 4) is 0 Å². The second kappa shape index (κ2) is 2.81. The third kappa shape index (κ3) is 1.56. The highest BCUT2D eigenvalue weighted by Crippen LogP contribution is 1.75. The summed E-state index contributed by atoms with van der Waals surface area (Å²) in [4.78, 5) is 0. The molecule has 10 heavy (non-hydrogen) atoms. The van der Waals surface area contributed by atoms with Crippen LogP contribution in [0, 0.1) is 0 Å². The summed E-state index contributed by atoms with van der Waals surface area (Å²) in [5.74, 6) is 0. The van der Waals surface area contributed by atoms with Crippen molar-refractivity contribution in [2.45, 2.75) is 0 Å². The molecule has 2 N–H and O–H groups in total. The van der Waals surface area contributed by atoms with E-state index in [-0.39, 0.29) is 0 Å². The molecule has 0 spiro atoms. The van der Waals surface area contributed by atoms with Crippen LogP contribution < -0.4 is 10.0 Å². The molecule has 1 rings (SSSR count). The van der Waals surface area contributed by atoms with E-state index in [9.17, 15) is 0 Å². The Hall–Kier alpha value is -0.865. The van der Waals surface area contributed by atoms with E-state index in [1.807, 2.05) is 11.6 Å². The summed E-state index contributed by atoms with van der Waals surface area (Å²) in [5.41, 5.74) is 0.512. The number of rotatable bonds is 1. The highest BCUT2D eigenvalue weighted by molar-refractivity contribution is 6.58. The van der Waals surface area contributed by atoms with E-state index in [0.717, 1.165) is 0 Å². The Bertz CT molecular complexity index is 209. The number of hydrogen-bond donors (Lipinski definition) is 2. The highest BCUT2D eigenvalue weighted by atomic mass is 16.4. The quantitative estimate of drug-likeness (QED) is 0.355. The van der Waals surface area contributed by atoms with Gasteiger partial charge in [-0.05, 0) is 5.46 Å². The van der Waals surface area contributed by atoms with Gasteiger partial charge in [0.1, 0.15) is 7.05 Å². The average molecular weight is 138 g/mol. The largest absolute Gasteiger partial charge is 0.488 e. The van der Waals surface area contributed by atoms with E-state index < -0.39 is 7.12 Å². The van der Waals surface area contributed by atoms with E-state index in [1.54, 1.807) is 24.5 Å². The number of aryl methyl sites for hydroxylation is 1. The Morgan fingerprint density at radius 1 is 1.30 bits per heavy atom. The Labute approximate surface area is 59.7 Å². The van der Waals surface area contributed by atoms with Crippen LogP contribution in [0.4, 0.5) is 0 Å². The molecule has 0 bridgehead atoms. The van der Waals surface area contributed by atoms with E-state index >= 15 is 0 Å². The van der Waals surface area contributed by atoms with E-state index in [1.165, 1.54) is 0 Å². The minimum atomic E-state index is -1.36. The van der Waals surface area contributed by atoms with Gasteiger partial charge in [-0.1, -0.05) is 0 Å². The summed E-state index contributed by atoms with van der Waals surface area (Å²) >= 11 is 0. The van der Waals surface area contributed by atoms with Gasteiger partial charge in [0.15, 0.2) is 12.4 Å². The Morgan fingerprint density at radius 2 is 1.80 bits per heavy atom. The summed E-state index contributed by atoms with van der Waals surface area (Å²) in [6.45, 7) is 0. The van der Waals surface area contributed by atoms with Crippen LogP contribution in [-0.4, -0.2) is 17.2 Å². The molecule has 52 valence electrons. The van der Waals surface area contributed by atoms with Gasteiger partial charge in [-0.3, -0.25) is 0 Å². The smallest absolute Gasteiger partial charge is 0.423 e. The highest BCUT2D eigenvalue weighted by Gasteiger charge is 2.10. The number of aromatic nitrogens is 1. The van der Waals surface area contributed by atoms with E-state index in [2.05, 4.69) is 0 Å². The lowest BCUT2D eigenvalue weighted by Gasteiger charge is -1.94. The van der Waals surface area contributed by atoms with Gasteiger partial charge in [0.2, 0.25) is 0 Å². The van der Waals surface area contributed by atoms with E-state index in [0.29, 0.717) is 5.46 Å². The minimum Gasteiger partial charge on any atom is -0.423 e. The lowest BCUT2D eigenvalue weighted by molar-refractivity contribution is -0.671. The van der Waals surface area contributed by atoms with Gasteiger partial charge in [0.05, 0.1) is 0 Å². The SMILES string of the molecule is C[n+]1ccc(B(O)O)cc1. The minimum absolute atomic E-state index is 0.512. The van der Waals surface area contributed by atoms with Crippen molar-refractivity contribution >= 4 is 12.6 Å². The Balaban J connectivity index is 2.89. The van der Waals surface area contributed by atoms with Gasteiger partial charge in [0.25, 0.3) is 0 Å². The fraction of sp³-hybridized carbons (Fsp3) is 0.167. The fourth-order valence-electron chi connectivity index (χ4n) is 0.685. The Morgan fingerprint density at radius 3 is 2.20 bits per heavy atom. The molecule has 3 nitrogen and oxygen atoms in total. The maximum atomic E-state index is 8.66. The van der Waals surface area contributed by atoms with E-state index in [4.69, 9.17) is 10.0 Å². The van der Waals surface area contributed by atoms with Crippen LogP contribution in [0.3, 0.4) is 0 Å². The summed E-state index contributed by atoms with van der Waals surface area (Å²) in [6, 6.07) is 3.31. The molecule has 0 atom stereocenters. The standard InChI is InChI=1S/C6H9BNO2/c1-8-4-2-6(3-5-8)7(9)10/h2-5,9-10H,1H3/q+1. The number of hydrogen-bond acceptors (Lipinski definition) is 2. The van der Waals surface area contributed by atoms with Crippen molar-refractivity contribution in [1.82, 2.24) is 0 Å².